The number of fused-ring (bicyclic) bond motifs is 1. The summed E-state index contributed by atoms with van der Waals surface area (Å²) in [7, 11) is 0. The minimum Gasteiger partial charge on any atom is -0.511 e. The molecule has 0 saturated heterocycles. The minimum absolute atomic E-state index is 0.0235. The number of aliphatic hydroxyl groups excluding tert-OH is 1. The number of nitrogens with zero attached hydrogens (tertiary/aromatic N) is 1. The topological polar surface area (TPSA) is 75.7 Å². The van der Waals surface area contributed by atoms with Crippen LogP contribution in [0.25, 0.3) is 10.8 Å². The first kappa shape index (κ1) is 21.7. The average molecular weight is 447 g/mol. The highest BCUT2D eigenvalue weighted by Crippen LogP contribution is 2.35. The largest absolute Gasteiger partial charge is 0.511 e. The normalized spacial score (nSPS) is 18.9. The molecule has 4 aromatic carbocycles. The summed E-state index contributed by atoms with van der Waals surface area (Å²) in [6, 6.07) is 31.4. The molecular formula is C30H26N2O2. The number of rotatable bonds is 4. The molecule has 4 aromatic rings. The molecular weight excluding hydrogens is 420 g/mol. The maximum atomic E-state index is 13.4. The van der Waals surface area contributed by atoms with Crippen LogP contribution in [0.5, 0.6) is 0 Å². The van der Waals surface area contributed by atoms with Gasteiger partial charge in [0.1, 0.15) is 5.76 Å². The van der Waals surface area contributed by atoms with Gasteiger partial charge in [-0.1, -0.05) is 72.8 Å². The molecule has 1 aliphatic rings. The Morgan fingerprint density at radius 3 is 2.35 bits per heavy atom. The van der Waals surface area contributed by atoms with E-state index in [1.54, 1.807) is 12.1 Å². The van der Waals surface area contributed by atoms with E-state index in [1.807, 2.05) is 84.9 Å². The molecule has 0 radical (unpaired) electrons. The maximum absolute atomic E-state index is 13.4. The summed E-state index contributed by atoms with van der Waals surface area (Å²) in [5.74, 6) is 0.0180. The molecule has 3 N–H and O–H groups in total. The number of carbonyl (C=O) groups excluding carboxylic acids is 1. The number of hydrogen-bond donors (Lipinski definition) is 2. The number of nitrogen functional groups attached to an aromatic ring is 1. The van der Waals surface area contributed by atoms with Crippen molar-refractivity contribution in [1.82, 2.24) is 0 Å². The molecule has 4 heteroatoms. The number of Topliss-reactive ketones (excluding diaryl/α,β-unsaturated/α-hetero) is 1. The Hall–Kier alpha value is -4.18. The second-order valence-corrected chi connectivity index (χ2v) is 8.73. The third-order valence-corrected chi connectivity index (χ3v) is 6.39. The van der Waals surface area contributed by atoms with E-state index in [0.717, 1.165) is 21.9 Å². The molecule has 0 aliphatic heterocycles. The van der Waals surface area contributed by atoms with E-state index in [0.29, 0.717) is 35.5 Å². The van der Waals surface area contributed by atoms with Crippen molar-refractivity contribution in [1.29, 1.82) is 0 Å². The van der Waals surface area contributed by atoms with Crippen molar-refractivity contribution in [2.45, 2.75) is 25.2 Å². The number of nitrogens with two attached hydrogens (primary N) is 1. The van der Waals surface area contributed by atoms with E-state index < -0.39 is 0 Å². The maximum Gasteiger partial charge on any atom is 0.168 e. The summed E-state index contributed by atoms with van der Waals surface area (Å²) < 4.78 is 0. The lowest BCUT2D eigenvalue weighted by atomic mass is 9.78. The van der Waals surface area contributed by atoms with Gasteiger partial charge in [0.15, 0.2) is 5.78 Å². The van der Waals surface area contributed by atoms with E-state index in [9.17, 15) is 9.90 Å². The Bertz CT molecular complexity index is 1400. The van der Waals surface area contributed by atoms with Gasteiger partial charge in [-0.3, -0.25) is 9.79 Å². The molecule has 0 heterocycles. The van der Waals surface area contributed by atoms with Crippen LogP contribution in [0.2, 0.25) is 0 Å². The Balaban J connectivity index is 1.57. The number of aliphatic hydroxyl groups is 1. The molecule has 168 valence electrons. The Kier molecular flexibility index (Phi) is 5.96. The lowest BCUT2D eigenvalue weighted by Crippen LogP contribution is -2.27. The highest BCUT2D eigenvalue weighted by Gasteiger charge is 2.32. The zero-order chi connectivity index (χ0) is 23.5. The van der Waals surface area contributed by atoms with Crippen molar-refractivity contribution < 1.29 is 9.90 Å². The fourth-order valence-corrected chi connectivity index (χ4v) is 4.70. The molecule has 4 nitrogen and oxygen atoms in total. The van der Waals surface area contributed by atoms with Gasteiger partial charge in [0.25, 0.3) is 0 Å². The third kappa shape index (κ3) is 4.48. The van der Waals surface area contributed by atoms with E-state index in [1.165, 1.54) is 0 Å². The summed E-state index contributed by atoms with van der Waals surface area (Å²) in [5, 5.41) is 13.4. The van der Waals surface area contributed by atoms with Crippen LogP contribution in [0.1, 0.15) is 29.9 Å². The zero-order valence-electron chi connectivity index (χ0n) is 18.8. The van der Waals surface area contributed by atoms with Gasteiger partial charge in [-0.05, 0) is 58.5 Å². The summed E-state index contributed by atoms with van der Waals surface area (Å²) in [4.78, 5) is 18.2. The molecule has 0 spiro atoms. The fraction of sp³-hybridized carbons (Fsp3) is 0.133. The number of benzene rings is 4. The van der Waals surface area contributed by atoms with Gasteiger partial charge in [0.05, 0.1) is 17.0 Å². The van der Waals surface area contributed by atoms with E-state index in [4.69, 9.17) is 10.7 Å². The van der Waals surface area contributed by atoms with Crippen molar-refractivity contribution in [2.24, 2.45) is 4.99 Å². The molecule has 1 aliphatic carbocycles. The molecule has 1 unspecified atom stereocenters. The molecule has 0 bridgehead atoms. The SMILES string of the molecule is Nc1ccc(N=C2CC(c3ccccc3)CC(=O)C2=C(O)Cc2cccc3ccccc23)cc1. The average Bonchev–Trinajstić information content (AvgIpc) is 2.86. The van der Waals surface area contributed by atoms with Crippen molar-refractivity contribution >= 4 is 33.6 Å². The number of allylic oxidation sites excluding steroid dienone is 2. The number of hydrogen-bond acceptors (Lipinski definition) is 4. The third-order valence-electron chi connectivity index (χ3n) is 6.39. The Morgan fingerprint density at radius 1 is 0.853 bits per heavy atom. The predicted octanol–water partition coefficient (Wildman–Crippen LogP) is 6.70. The Morgan fingerprint density at radius 2 is 1.56 bits per heavy atom. The Labute approximate surface area is 199 Å². The fourth-order valence-electron chi connectivity index (χ4n) is 4.70. The van der Waals surface area contributed by atoms with Crippen molar-refractivity contribution in [3.05, 3.63) is 120 Å². The molecule has 1 atom stereocenters. The van der Waals surface area contributed by atoms with Crippen LogP contribution in [0.3, 0.4) is 0 Å². The number of aliphatic imine (C=N–C) groups is 1. The highest BCUT2D eigenvalue weighted by atomic mass is 16.3. The number of ketones is 1. The first-order valence-corrected chi connectivity index (χ1v) is 11.5. The number of carbonyl (C=O) groups is 1. The van der Waals surface area contributed by atoms with E-state index in [2.05, 4.69) is 0 Å². The van der Waals surface area contributed by atoms with Gasteiger partial charge in [-0.2, -0.15) is 0 Å². The van der Waals surface area contributed by atoms with Gasteiger partial charge in [0, 0.05) is 18.5 Å². The quantitative estimate of drug-likeness (QED) is 0.208. The number of anilines is 1. The predicted molar refractivity (Wildman–Crippen MR) is 139 cm³/mol. The zero-order valence-corrected chi connectivity index (χ0v) is 18.8. The molecule has 0 amide bonds. The van der Waals surface area contributed by atoms with Gasteiger partial charge in [-0.15, -0.1) is 0 Å². The molecule has 5 rings (SSSR count). The monoisotopic (exact) mass is 446 g/mol. The highest BCUT2D eigenvalue weighted by molar-refractivity contribution is 6.25. The van der Waals surface area contributed by atoms with Crippen LogP contribution >= 0.6 is 0 Å². The van der Waals surface area contributed by atoms with Crippen LogP contribution in [-0.4, -0.2) is 16.6 Å². The second kappa shape index (κ2) is 9.36. The van der Waals surface area contributed by atoms with Crippen molar-refractivity contribution in [3.8, 4) is 0 Å². The van der Waals surface area contributed by atoms with Crippen LogP contribution in [0.4, 0.5) is 11.4 Å². The van der Waals surface area contributed by atoms with Crippen LogP contribution in [-0.2, 0) is 11.2 Å². The van der Waals surface area contributed by atoms with Gasteiger partial charge in [0.2, 0.25) is 0 Å². The van der Waals surface area contributed by atoms with Crippen LogP contribution < -0.4 is 5.73 Å². The van der Waals surface area contributed by atoms with Crippen LogP contribution in [0.15, 0.2) is 113 Å². The van der Waals surface area contributed by atoms with Gasteiger partial charge < -0.3 is 10.8 Å². The van der Waals surface area contributed by atoms with Gasteiger partial charge >= 0.3 is 0 Å². The smallest absolute Gasteiger partial charge is 0.168 e. The van der Waals surface area contributed by atoms with Crippen molar-refractivity contribution in [3.63, 3.8) is 0 Å². The van der Waals surface area contributed by atoms with E-state index in [-0.39, 0.29) is 23.9 Å². The summed E-state index contributed by atoms with van der Waals surface area (Å²) >= 11 is 0. The molecule has 34 heavy (non-hydrogen) atoms. The standard InChI is InChI=1S/C30H26N2O2/c31-24-13-15-25(16-14-24)32-27-17-23(20-7-2-1-3-8-20)19-29(34)30(27)28(33)18-22-11-6-10-21-9-4-5-12-26(21)22/h1-16,23,33H,17-19,31H2. The summed E-state index contributed by atoms with van der Waals surface area (Å²) in [6.07, 6.45) is 1.20. The van der Waals surface area contributed by atoms with E-state index >= 15 is 0 Å². The first-order chi connectivity index (χ1) is 16.6. The minimum atomic E-state index is -0.0768. The molecule has 1 saturated carbocycles. The van der Waals surface area contributed by atoms with Gasteiger partial charge in [-0.25, -0.2) is 0 Å². The first-order valence-electron chi connectivity index (χ1n) is 11.5. The molecule has 0 aromatic heterocycles. The molecule has 1 fully saturated rings. The van der Waals surface area contributed by atoms with Crippen molar-refractivity contribution in [2.75, 3.05) is 5.73 Å². The lowest BCUT2D eigenvalue weighted by Gasteiger charge is -2.26. The lowest BCUT2D eigenvalue weighted by molar-refractivity contribution is -0.115. The summed E-state index contributed by atoms with van der Waals surface area (Å²) in [6.45, 7) is 0. The van der Waals surface area contributed by atoms with Crippen LogP contribution in [0, 0.1) is 0 Å². The second-order valence-electron chi connectivity index (χ2n) is 8.73. The summed E-state index contributed by atoms with van der Waals surface area (Å²) in [5.41, 5.74) is 10.2.